The Morgan fingerprint density at radius 2 is 2.23 bits per heavy atom. The van der Waals surface area contributed by atoms with Gasteiger partial charge in [0.2, 0.25) is 0 Å². The van der Waals surface area contributed by atoms with Gasteiger partial charge in [-0.3, -0.25) is 4.79 Å². The lowest BCUT2D eigenvalue weighted by molar-refractivity contribution is 0.0107. The molecule has 0 radical (unpaired) electrons. The van der Waals surface area contributed by atoms with E-state index in [9.17, 15) is 14.3 Å². The number of nitrogens with two attached hydrogens (primary N) is 1. The zero-order valence-corrected chi connectivity index (χ0v) is 14.1. The van der Waals surface area contributed by atoms with Crippen LogP contribution in [0.3, 0.4) is 0 Å². The van der Waals surface area contributed by atoms with E-state index in [4.69, 9.17) is 5.73 Å². The van der Waals surface area contributed by atoms with Crippen LogP contribution in [-0.2, 0) is 12.8 Å². The quantitative estimate of drug-likeness (QED) is 0.761. The second-order valence-corrected chi connectivity index (χ2v) is 7.30. The number of halogens is 2. The number of hydrogen-bond acceptors (Lipinski definition) is 2. The zero-order valence-electron chi connectivity index (χ0n) is 12.5. The fraction of sp³-hybridized carbons (Fsp3) is 0.438. The van der Waals surface area contributed by atoms with Crippen molar-refractivity contribution in [2.45, 2.75) is 38.7 Å². The number of aromatic nitrogens is 1. The van der Waals surface area contributed by atoms with Crippen molar-refractivity contribution in [1.82, 2.24) is 4.98 Å². The number of rotatable bonds is 2. The van der Waals surface area contributed by atoms with Crippen LogP contribution in [0.5, 0.6) is 0 Å². The highest BCUT2D eigenvalue weighted by molar-refractivity contribution is 9.10. The molecule has 0 bridgehead atoms. The maximum atomic E-state index is 14.1. The third-order valence-electron chi connectivity index (χ3n) is 4.62. The van der Waals surface area contributed by atoms with Gasteiger partial charge in [-0.05, 0) is 66.6 Å². The fourth-order valence-electron chi connectivity index (χ4n) is 3.33. The van der Waals surface area contributed by atoms with Crippen molar-refractivity contribution in [1.29, 1.82) is 0 Å². The van der Waals surface area contributed by atoms with Gasteiger partial charge in [0, 0.05) is 11.1 Å². The van der Waals surface area contributed by atoms with Gasteiger partial charge < -0.3 is 15.8 Å². The van der Waals surface area contributed by atoms with E-state index >= 15 is 0 Å². The van der Waals surface area contributed by atoms with E-state index in [0.29, 0.717) is 21.8 Å². The van der Waals surface area contributed by atoms with Crippen LogP contribution in [-0.4, -0.2) is 21.6 Å². The third kappa shape index (κ3) is 2.34. The highest BCUT2D eigenvalue weighted by Crippen LogP contribution is 2.40. The molecule has 0 saturated carbocycles. The average molecular weight is 369 g/mol. The summed E-state index contributed by atoms with van der Waals surface area (Å²) in [7, 11) is 0. The highest BCUT2D eigenvalue weighted by Gasteiger charge is 2.33. The van der Waals surface area contributed by atoms with Crippen LogP contribution >= 0.6 is 15.9 Å². The summed E-state index contributed by atoms with van der Waals surface area (Å²) >= 11 is 3.28. The molecule has 22 heavy (non-hydrogen) atoms. The van der Waals surface area contributed by atoms with E-state index in [0.717, 1.165) is 30.2 Å². The number of H-pyrrole nitrogens is 1. The number of hydrogen-bond donors (Lipinski definition) is 3. The van der Waals surface area contributed by atoms with E-state index < -0.39 is 17.3 Å². The summed E-state index contributed by atoms with van der Waals surface area (Å²) in [5.41, 5.74) is 7.28. The van der Waals surface area contributed by atoms with E-state index in [1.165, 1.54) is 0 Å². The van der Waals surface area contributed by atoms with Crippen LogP contribution in [0.4, 0.5) is 4.39 Å². The van der Waals surface area contributed by atoms with Gasteiger partial charge in [-0.25, -0.2) is 4.39 Å². The Morgan fingerprint density at radius 1 is 1.55 bits per heavy atom. The van der Waals surface area contributed by atoms with E-state index in [-0.39, 0.29) is 11.5 Å². The van der Waals surface area contributed by atoms with Crippen molar-refractivity contribution in [2.75, 3.05) is 0 Å². The number of aliphatic hydroxyl groups is 1. The standard InChI is InChI=1S/C16H18BrFN2O2/c1-16(2,22)7-3-4-8-11(5-7)20-14-9(15(19)21)6-10(18)13(17)12(8)14/h6-7,20,22H,3-5H2,1-2H3,(H2,19,21)/t7-/m0/s1. The van der Waals surface area contributed by atoms with Gasteiger partial charge in [0.25, 0.3) is 5.91 Å². The topological polar surface area (TPSA) is 79.1 Å². The molecule has 1 aromatic heterocycles. The van der Waals surface area contributed by atoms with Gasteiger partial charge in [-0.2, -0.15) is 0 Å². The van der Waals surface area contributed by atoms with Crippen molar-refractivity contribution in [3.63, 3.8) is 0 Å². The van der Waals surface area contributed by atoms with Crippen LogP contribution in [0.1, 0.15) is 41.9 Å². The molecule has 0 spiro atoms. The van der Waals surface area contributed by atoms with E-state index in [1.54, 1.807) is 13.8 Å². The lowest BCUT2D eigenvalue weighted by atomic mass is 9.78. The van der Waals surface area contributed by atoms with Crippen LogP contribution in [0, 0.1) is 11.7 Å². The molecule has 0 aliphatic heterocycles. The second-order valence-electron chi connectivity index (χ2n) is 6.51. The minimum Gasteiger partial charge on any atom is -0.390 e. The summed E-state index contributed by atoms with van der Waals surface area (Å²) in [5, 5.41) is 10.9. The lowest BCUT2D eigenvalue weighted by Crippen LogP contribution is -2.34. The molecule has 118 valence electrons. The number of nitrogens with one attached hydrogen (secondary N) is 1. The third-order valence-corrected chi connectivity index (χ3v) is 5.39. The molecule has 0 fully saturated rings. The summed E-state index contributed by atoms with van der Waals surface area (Å²) in [6, 6.07) is 1.16. The summed E-state index contributed by atoms with van der Waals surface area (Å²) in [6.07, 6.45) is 2.21. The molecule has 6 heteroatoms. The molecule has 0 saturated heterocycles. The molecule has 1 aliphatic carbocycles. The van der Waals surface area contributed by atoms with E-state index in [1.807, 2.05) is 0 Å². The number of amides is 1. The van der Waals surface area contributed by atoms with Crippen molar-refractivity contribution >= 4 is 32.7 Å². The summed E-state index contributed by atoms with van der Waals surface area (Å²) in [4.78, 5) is 14.8. The van der Waals surface area contributed by atoms with Crippen molar-refractivity contribution < 1.29 is 14.3 Å². The number of primary amides is 1. The molecule has 0 unspecified atom stereocenters. The maximum Gasteiger partial charge on any atom is 0.250 e. The number of benzene rings is 1. The molecule has 1 heterocycles. The Labute approximate surface area is 136 Å². The lowest BCUT2D eigenvalue weighted by Gasteiger charge is -2.32. The first-order valence-electron chi connectivity index (χ1n) is 7.23. The Kier molecular flexibility index (Phi) is 3.57. The first-order chi connectivity index (χ1) is 10.2. The summed E-state index contributed by atoms with van der Waals surface area (Å²) in [6.45, 7) is 3.60. The molecule has 3 rings (SSSR count). The van der Waals surface area contributed by atoms with Gasteiger partial charge >= 0.3 is 0 Å². The number of carbonyl (C=O) groups is 1. The summed E-state index contributed by atoms with van der Waals surface area (Å²) < 4.78 is 14.4. The van der Waals surface area contributed by atoms with Gasteiger partial charge in [0.15, 0.2) is 0 Å². The second kappa shape index (κ2) is 5.06. The van der Waals surface area contributed by atoms with Gasteiger partial charge in [-0.15, -0.1) is 0 Å². The summed E-state index contributed by atoms with van der Waals surface area (Å²) in [5.74, 6) is -1.03. The van der Waals surface area contributed by atoms with Crippen molar-refractivity contribution in [3.8, 4) is 0 Å². The largest absolute Gasteiger partial charge is 0.390 e. The molecule has 1 amide bonds. The molecule has 1 atom stereocenters. The highest BCUT2D eigenvalue weighted by atomic mass is 79.9. The molecular formula is C16H18BrFN2O2. The number of fused-ring (bicyclic) bond motifs is 3. The smallest absolute Gasteiger partial charge is 0.250 e. The van der Waals surface area contributed by atoms with Crippen LogP contribution in [0.2, 0.25) is 0 Å². The minimum absolute atomic E-state index is 0.119. The molecule has 4 nitrogen and oxygen atoms in total. The number of aryl methyl sites for hydroxylation is 1. The first kappa shape index (κ1) is 15.5. The average Bonchev–Trinajstić information content (AvgIpc) is 2.79. The monoisotopic (exact) mass is 368 g/mol. The fourth-order valence-corrected chi connectivity index (χ4v) is 3.88. The predicted molar refractivity (Wildman–Crippen MR) is 86.3 cm³/mol. The van der Waals surface area contributed by atoms with Crippen molar-refractivity contribution in [3.05, 3.63) is 33.2 Å². The molecular weight excluding hydrogens is 351 g/mol. The molecule has 1 aromatic carbocycles. The van der Waals surface area contributed by atoms with Gasteiger partial charge in [0.05, 0.1) is 21.2 Å². The van der Waals surface area contributed by atoms with Gasteiger partial charge in [-0.1, -0.05) is 0 Å². The molecule has 2 aromatic rings. The Hall–Kier alpha value is -1.40. The van der Waals surface area contributed by atoms with Crippen LogP contribution in [0.15, 0.2) is 10.5 Å². The Morgan fingerprint density at radius 3 is 2.82 bits per heavy atom. The van der Waals surface area contributed by atoms with E-state index in [2.05, 4.69) is 20.9 Å². The Balaban J connectivity index is 2.22. The normalized spacial score (nSPS) is 18.5. The van der Waals surface area contributed by atoms with Crippen molar-refractivity contribution in [2.24, 2.45) is 11.7 Å². The molecule has 1 aliphatic rings. The SMILES string of the molecule is CC(C)(O)[C@H]1CCc2c([nH]c3c(C(N)=O)cc(F)c(Br)c23)C1. The number of carbonyl (C=O) groups excluding carboxylic acids is 1. The minimum atomic E-state index is -0.774. The Bertz CT molecular complexity index is 777. The zero-order chi connectivity index (χ0) is 16.2. The van der Waals surface area contributed by atoms with Crippen LogP contribution < -0.4 is 5.73 Å². The predicted octanol–water partition coefficient (Wildman–Crippen LogP) is 3.04. The van der Waals surface area contributed by atoms with Gasteiger partial charge in [0.1, 0.15) is 5.82 Å². The van der Waals surface area contributed by atoms with Crippen LogP contribution in [0.25, 0.3) is 10.9 Å². The molecule has 4 N–H and O–H groups in total. The number of aromatic amines is 1. The maximum absolute atomic E-state index is 14.1. The first-order valence-corrected chi connectivity index (χ1v) is 8.03.